The number of halogens is 4. The van der Waals surface area contributed by atoms with Crippen LogP contribution in [-0.2, 0) is 12.8 Å². The van der Waals surface area contributed by atoms with E-state index in [1.165, 1.54) is 24.3 Å². The minimum absolute atomic E-state index is 0.146. The first-order valence-corrected chi connectivity index (χ1v) is 9.82. The third kappa shape index (κ3) is 5.44. The van der Waals surface area contributed by atoms with E-state index in [9.17, 15) is 13.2 Å². The maximum absolute atomic E-state index is 13.4. The van der Waals surface area contributed by atoms with Crippen LogP contribution in [0, 0.1) is 17.5 Å². The average Bonchev–Trinajstić information content (AvgIpc) is 3.36. The van der Waals surface area contributed by atoms with Crippen LogP contribution in [-0.4, -0.2) is 24.5 Å². The Bertz CT molecular complexity index is 779. The Labute approximate surface area is 168 Å². The van der Waals surface area contributed by atoms with Crippen LogP contribution < -0.4 is 0 Å². The summed E-state index contributed by atoms with van der Waals surface area (Å²) < 4.78 is 39.8. The fraction of sp³-hybridized carbons (Fsp3) is 0.364. The van der Waals surface area contributed by atoms with E-state index in [-0.39, 0.29) is 11.4 Å². The lowest BCUT2D eigenvalue weighted by Gasteiger charge is -2.04. The summed E-state index contributed by atoms with van der Waals surface area (Å²) in [5, 5.41) is 0.500. The molecule has 0 atom stereocenters. The van der Waals surface area contributed by atoms with Gasteiger partial charge in [0.2, 0.25) is 0 Å². The Morgan fingerprint density at radius 2 is 1.18 bits per heavy atom. The number of hydrogen-bond donors (Lipinski definition) is 0. The number of nitrogens with zero attached hydrogens (tertiary/aromatic N) is 2. The van der Waals surface area contributed by atoms with E-state index in [0.717, 1.165) is 50.2 Å². The molecule has 148 valence electrons. The summed E-state index contributed by atoms with van der Waals surface area (Å²) in [7, 11) is 0. The van der Waals surface area contributed by atoms with Crippen molar-refractivity contribution >= 4 is 23.0 Å². The minimum atomic E-state index is -0.473. The van der Waals surface area contributed by atoms with E-state index in [1.54, 1.807) is 12.1 Å². The highest BCUT2D eigenvalue weighted by molar-refractivity contribution is 6.31. The standard InChI is InChI=1S/C11H11ClFN.C11H11F2N/c2*12-10-4-1-5-11(13)9(10)7-8-3-2-6-14-8/h2*1,4-5H,2-3,6-7H2/i13-1;12-1,13-1. The van der Waals surface area contributed by atoms with Crippen LogP contribution in [0.3, 0.4) is 0 Å². The molecule has 6 heteroatoms. The summed E-state index contributed by atoms with van der Waals surface area (Å²) in [6, 6.07) is 8.73. The Morgan fingerprint density at radius 3 is 1.64 bits per heavy atom. The van der Waals surface area contributed by atoms with Crippen molar-refractivity contribution in [3.63, 3.8) is 0 Å². The first-order chi connectivity index (χ1) is 13.5. The second-order valence-electron chi connectivity index (χ2n) is 6.86. The van der Waals surface area contributed by atoms with Gasteiger partial charge in [-0.25, -0.2) is 13.2 Å². The van der Waals surface area contributed by atoms with Gasteiger partial charge in [-0.2, -0.15) is 0 Å². The van der Waals surface area contributed by atoms with Crippen molar-refractivity contribution in [1.82, 2.24) is 0 Å². The molecule has 0 spiro atoms. The molecule has 0 bridgehead atoms. The second kappa shape index (κ2) is 9.87. The zero-order valence-corrected chi connectivity index (χ0v) is 16.3. The maximum Gasteiger partial charge on any atom is 0.129 e. The smallest absolute Gasteiger partial charge is 0.129 e. The van der Waals surface area contributed by atoms with Crippen LogP contribution in [0.4, 0.5) is 13.2 Å². The lowest BCUT2D eigenvalue weighted by atomic mass is 10.1. The lowest BCUT2D eigenvalue weighted by Crippen LogP contribution is -2.04. The molecule has 0 radical (unpaired) electrons. The molecular weight excluding hydrogens is 382 g/mol. The van der Waals surface area contributed by atoms with Crippen LogP contribution in [0.15, 0.2) is 46.4 Å². The van der Waals surface area contributed by atoms with Gasteiger partial charge in [0.15, 0.2) is 0 Å². The summed E-state index contributed by atoms with van der Waals surface area (Å²) in [4.78, 5) is 8.50. The highest BCUT2D eigenvalue weighted by Gasteiger charge is 2.14. The third-order valence-electron chi connectivity index (χ3n) is 4.80. The number of hydrogen-bond acceptors (Lipinski definition) is 2. The molecule has 0 aromatic heterocycles. The van der Waals surface area contributed by atoms with E-state index < -0.39 is 11.6 Å². The van der Waals surface area contributed by atoms with E-state index >= 15 is 0 Å². The van der Waals surface area contributed by atoms with Gasteiger partial charge >= 0.3 is 0 Å². The number of rotatable bonds is 4. The van der Waals surface area contributed by atoms with Crippen LogP contribution in [0.25, 0.3) is 0 Å². The lowest BCUT2D eigenvalue weighted by molar-refractivity contribution is 0.564. The Hall–Kier alpha value is -2.14. The fourth-order valence-electron chi connectivity index (χ4n) is 3.30. The zero-order valence-electron chi connectivity index (χ0n) is 15.5. The van der Waals surface area contributed by atoms with Gasteiger partial charge in [-0.1, -0.05) is 23.7 Å². The van der Waals surface area contributed by atoms with Crippen molar-refractivity contribution in [3.05, 3.63) is 70.0 Å². The predicted molar refractivity (Wildman–Crippen MR) is 108 cm³/mol. The second-order valence-corrected chi connectivity index (χ2v) is 7.26. The molecule has 0 saturated heterocycles. The van der Waals surface area contributed by atoms with Crippen LogP contribution in [0.1, 0.15) is 36.8 Å². The first kappa shape index (κ1) is 20.6. The molecule has 0 aliphatic carbocycles. The molecular formula is C22H22ClF3N2. The Morgan fingerprint density at radius 1 is 0.714 bits per heavy atom. The zero-order chi connectivity index (χ0) is 19.9. The highest BCUT2D eigenvalue weighted by atomic mass is 35.5. The van der Waals surface area contributed by atoms with Gasteiger partial charge in [0.25, 0.3) is 0 Å². The van der Waals surface area contributed by atoms with Crippen molar-refractivity contribution in [2.75, 3.05) is 13.1 Å². The Balaban J connectivity index is 0.000000161. The van der Waals surface area contributed by atoms with Gasteiger partial charge in [0.05, 0.1) is 0 Å². The molecule has 28 heavy (non-hydrogen) atoms. The van der Waals surface area contributed by atoms with E-state index in [2.05, 4.69) is 9.98 Å². The highest BCUT2D eigenvalue weighted by Crippen LogP contribution is 2.21. The number of benzene rings is 2. The van der Waals surface area contributed by atoms with Crippen LogP contribution >= 0.6 is 11.6 Å². The topological polar surface area (TPSA) is 24.7 Å². The van der Waals surface area contributed by atoms with Gasteiger partial charge < -0.3 is 0 Å². The molecule has 0 unspecified atom stereocenters. The molecule has 0 fully saturated rings. The van der Waals surface area contributed by atoms with Crippen molar-refractivity contribution < 1.29 is 13.2 Å². The molecule has 2 aliphatic rings. The maximum atomic E-state index is 13.4. The molecule has 0 saturated carbocycles. The van der Waals surface area contributed by atoms with Crippen molar-refractivity contribution in [3.8, 4) is 0 Å². The average molecular weight is 404 g/mol. The van der Waals surface area contributed by atoms with Gasteiger partial charge in [0.1, 0.15) is 17.5 Å². The summed E-state index contributed by atoms with van der Waals surface area (Å²) in [6.07, 6.45) is 4.81. The molecule has 2 heterocycles. The first-order valence-electron chi connectivity index (χ1n) is 9.44. The van der Waals surface area contributed by atoms with Crippen molar-refractivity contribution in [2.45, 2.75) is 38.5 Å². The largest absolute Gasteiger partial charge is 0.294 e. The van der Waals surface area contributed by atoms with Gasteiger partial charge in [-0.05, 0) is 49.9 Å². The third-order valence-corrected chi connectivity index (χ3v) is 5.16. The van der Waals surface area contributed by atoms with Crippen molar-refractivity contribution in [2.24, 2.45) is 9.98 Å². The molecule has 2 nitrogen and oxygen atoms in total. The molecule has 4 rings (SSSR count). The molecule has 2 aliphatic heterocycles. The normalized spacial score (nSPS) is 15.7. The summed E-state index contributed by atoms with van der Waals surface area (Å²) >= 11 is 5.91. The molecule has 0 amide bonds. The van der Waals surface area contributed by atoms with E-state index in [0.29, 0.717) is 23.4 Å². The number of aliphatic imine (C=N–C) groups is 2. The monoisotopic (exact) mass is 403 g/mol. The van der Waals surface area contributed by atoms with Crippen molar-refractivity contribution in [1.29, 1.82) is 0 Å². The van der Waals surface area contributed by atoms with E-state index in [1.807, 2.05) is 0 Å². The van der Waals surface area contributed by atoms with Gasteiger partial charge in [-0.3, -0.25) is 9.98 Å². The summed E-state index contributed by atoms with van der Waals surface area (Å²) in [5.74, 6) is -1.17. The molecule has 0 N–H and O–H groups in total. The quantitative estimate of drug-likeness (QED) is 0.598. The fourth-order valence-corrected chi connectivity index (χ4v) is 3.53. The minimum Gasteiger partial charge on any atom is -0.294 e. The molecule has 2 aromatic carbocycles. The van der Waals surface area contributed by atoms with E-state index in [4.69, 9.17) is 11.6 Å². The van der Waals surface area contributed by atoms with Gasteiger partial charge in [-0.15, -0.1) is 0 Å². The summed E-state index contributed by atoms with van der Waals surface area (Å²) in [6.45, 7) is 1.67. The van der Waals surface area contributed by atoms with Crippen LogP contribution in [0.2, 0.25) is 5.02 Å². The predicted octanol–water partition coefficient (Wildman–Crippen LogP) is 6.00. The molecule has 2 aromatic rings. The van der Waals surface area contributed by atoms with Gasteiger partial charge in [0, 0.05) is 53.5 Å². The van der Waals surface area contributed by atoms with Crippen LogP contribution in [0.5, 0.6) is 0 Å². The summed E-state index contributed by atoms with van der Waals surface area (Å²) in [5.41, 5.74) is 2.70. The Kier molecular flexibility index (Phi) is 7.26. The SMILES string of the molecule is [18F]c1cccc(Cl)c1CC1=NCCC1.[18F]c1cccc([18F])c1CC1=NCCC1.